The molecule has 0 N–H and O–H groups in total. The zero-order valence-corrected chi connectivity index (χ0v) is 20.2. The first-order chi connectivity index (χ1) is 11.8. The Morgan fingerprint density at radius 1 is 0.615 bits per heavy atom. The maximum Gasteiger partial charge on any atom is 3.00 e. The fraction of sp³-hybridized carbons (Fsp3) is 0.818. The van der Waals surface area contributed by atoms with E-state index in [1.54, 1.807) is 11.1 Å². The summed E-state index contributed by atoms with van der Waals surface area (Å²) < 4.78 is 0. The van der Waals surface area contributed by atoms with Crippen LogP contribution in [-0.4, -0.2) is 19.8 Å². The fourth-order valence-electron chi connectivity index (χ4n) is 2.00. The van der Waals surface area contributed by atoms with Crippen LogP contribution in [0.15, 0.2) is 22.3 Å². The van der Waals surface area contributed by atoms with Crippen LogP contribution in [0.4, 0.5) is 0 Å². The van der Waals surface area contributed by atoms with Crippen molar-refractivity contribution < 1.29 is 37.0 Å². The Balaban J connectivity index is -0.000000132. The summed E-state index contributed by atoms with van der Waals surface area (Å²) in [6, 6.07) is 0. The fourth-order valence-corrected chi connectivity index (χ4v) is 2.00. The van der Waals surface area contributed by atoms with Gasteiger partial charge in [-0.1, -0.05) is 77.4 Å². The van der Waals surface area contributed by atoms with E-state index in [-0.39, 0.29) is 41.5 Å². The van der Waals surface area contributed by atoms with Crippen LogP contribution in [0.2, 0.25) is 0 Å². The van der Waals surface area contributed by atoms with Crippen LogP contribution >= 0.6 is 0 Å². The molecule has 1 aliphatic carbocycles. The Hall–Kier alpha value is 0.0743. The third-order valence-electron chi connectivity index (χ3n) is 4.54. The van der Waals surface area contributed by atoms with Gasteiger partial charge in [-0.15, -0.1) is 19.8 Å². The Bertz CT molecular complexity index is 305. The van der Waals surface area contributed by atoms with E-state index in [1.807, 2.05) is 20.8 Å². The van der Waals surface area contributed by atoms with Gasteiger partial charge in [-0.25, -0.2) is 0 Å². The van der Waals surface area contributed by atoms with Gasteiger partial charge in [-0.05, 0) is 44.8 Å². The molecule has 26 heavy (non-hydrogen) atoms. The van der Waals surface area contributed by atoms with E-state index in [4.69, 9.17) is 0 Å². The number of rotatable bonds is 6. The summed E-state index contributed by atoms with van der Waals surface area (Å²) in [4.78, 5) is 0. The molecule has 0 aliphatic heterocycles. The van der Waals surface area contributed by atoms with Gasteiger partial charge in [-0.3, -0.25) is 0 Å². The molecule has 3 nitrogen and oxygen atoms in total. The molecule has 0 bridgehead atoms. The number of hydrogen-bond acceptors (Lipinski definition) is 3. The van der Waals surface area contributed by atoms with Crippen LogP contribution < -0.4 is 15.3 Å². The van der Waals surface area contributed by atoms with E-state index < -0.39 is 0 Å². The Labute approximate surface area is 178 Å². The van der Waals surface area contributed by atoms with E-state index >= 15 is 0 Å². The first-order valence-corrected chi connectivity index (χ1v) is 9.89. The van der Waals surface area contributed by atoms with E-state index in [0.29, 0.717) is 5.92 Å². The summed E-state index contributed by atoms with van der Waals surface area (Å²) in [5.41, 5.74) is 6.11. The van der Waals surface area contributed by atoms with Gasteiger partial charge in [0.2, 0.25) is 0 Å². The molecule has 0 saturated heterocycles. The van der Waals surface area contributed by atoms with Crippen molar-refractivity contribution in [2.75, 3.05) is 19.8 Å². The SMILES string of the molecule is CC1=C(C)C(C)C(C)=C1C.CCCC[O-].CCCC[O-].CCCC[O-].[Ti+3]. The van der Waals surface area contributed by atoms with Crippen LogP contribution in [0.25, 0.3) is 0 Å². The molecule has 1 radical (unpaired) electrons. The minimum absolute atomic E-state index is 0. The summed E-state index contributed by atoms with van der Waals surface area (Å²) >= 11 is 0. The third-order valence-corrected chi connectivity index (χ3v) is 4.54. The van der Waals surface area contributed by atoms with Crippen molar-refractivity contribution in [3.63, 3.8) is 0 Å². The van der Waals surface area contributed by atoms with Crippen molar-refractivity contribution in [1.82, 2.24) is 0 Å². The maximum atomic E-state index is 9.53. The minimum atomic E-state index is 0. The summed E-state index contributed by atoms with van der Waals surface area (Å²) in [5.74, 6) is 0.694. The first kappa shape index (κ1) is 33.6. The van der Waals surface area contributed by atoms with Crippen molar-refractivity contribution in [2.45, 2.75) is 93.9 Å². The molecule has 0 heterocycles. The Morgan fingerprint density at radius 2 is 0.846 bits per heavy atom. The van der Waals surface area contributed by atoms with Crippen molar-refractivity contribution in [3.05, 3.63) is 22.3 Å². The molecule has 0 fully saturated rings. The number of allylic oxidation sites excluding steroid dienone is 4. The molecule has 0 atom stereocenters. The predicted octanol–water partition coefficient (Wildman–Crippen LogP) is 3.75. The molecule has 1 aliphatic rings. The smallest absolute Gasteiger partial charge is 0.854 e. The largest absolute Gasteiger partial charge is 3.00 e. The topological polar surface area (TPSA) is 69.2 Å². The standard InChI is InChI=1S/C10H16.3C4H9O.Ti/c1-6-7(2)9(4)10(5)8(6)3;3*1-2-3-4-5;/h6H,1-5H3;3*2-4H2,1H3;/q;3*-1;+3. The zero-order valence-electron chi connectivity index (χ0n) is 18.7. The number of unbranched alkanes of at least 4 members (excludes halogenated alkanes) is 3. The molecule has 0 aromatic rings. The second-order valence-corrected chi connectivity index (χ2v) is 6.51. The Kier molecular flexibility index (Phi) is 32.4. The molecule has 0 aromatic carbocycles. The summed E-state index contributed by atoms with van der Waals surface area (Å²) in [5, 5.41) is 28.6. The summed E-state index contributed by atoms with van der Waals surface area (Å²) in [7, 11) is 0. The van der Waals surface area contributed by atoms with Crippen LogP contribution in [0, 0.1) is 5.92 Å². The average molecular weight is 403 g/mol. The van der Waals surface area contributed by atoms with E-state index in [0.717, 1.165) is 38.5 Å². The van der Waals surface area contributed by atoms with Gasteiger partial charge < -0.3 is 15.3 Å². The Morgan fingerprint density at radius 3 is 0.885 bits per heavy atom. The second kappa shape index (κ2) is 25.1. The van der Waals surface area contributed by atoms with Gasteiger partial charge in [0, 0.05) is 0 Å². The van der Waals surface area contributed by atoms with Crippen molar-refractivity contribution in [1.29, 1.82) is 0 Å². The van der Waals surface area contributed by atoms with Gasteiger partial charge in [0.1, 0.15) is 0 Å². The van der Waals surface area contributed by atoms with Crippen molar-refractivity contribution in [3.8, 4) is 0 Å². The molecule has 0 amide bonds. The van der Waals surface area contributed by atoms with Gasteiger partial charge >= 0.3 is 21.7 Å². The predicted molar refractivity (Wildman–Crippen MR) is 105 cm³/mol. The minimum Gasteiger partial charge on any atom is -0.854 e. The molecule has 0 unspecified atom stereocenters. The van der Waals surface area contributed by atoms with Crippen LogP contribution in [0.5, 0.6) is 0 Å². The zero-order chi connectivity index (χ0) is 20.3. The van der Waals surface area contributed by atoms with E-state index in [9.17, 15) is 15.3 Å². The molecule has 0 aromatic heterocycles. The quantitative estimate of drug-likeness (QED) is 0.635. The molecular weight excluding hydrogens is 360 g/mol. The van der Waals surface area contributed by atoms with Gasteiger partial charge in [0.25, 0.3) is 0 Å². The maximum absolute atomic E-state index is 9.53. The van der Waals surface area contributed by atoms with Crippen LogP contribution in [0.3, 0.4) is 0 Å². The van der Waals surface area contributed by atoms with Crippen LogP contribution in [0.1, 0.15) is 93.9 Å². The molecule has 0 spiro atoms. The molecule has 1 rings (SSSR count). The van der Waals surface area contributed by atoms with Crippen molar-refractivity contribution in [2.24, 2.45) is 5.92 Å². The van der Waals surface area contributed by atoms with Crippen LogP contribution in [-0.2, 0) is 21.7 Å². The normalized spacial score (nSPS) is 13.0. The molecule has 0 saturated carbocycles. The molecular formula is C22H43O3Ti. The summed E-state index contributed by atoms with van der Waals surface area (Å²) in [6.07, 6.45) is 5.59. The second-order valence-electron chi connectivity index (χ2n) is 6.51. The van der Waals surface area contributed by atoms with Gasteiger partial charge in [0.15, 0.2) is 0 Å². The molecule has 4 heteroatoms. The average Bonchev–Trinajstić information content (AvgIpc) is 2.77. The van der Waals surface area contributed by atoms with Gasteiger partial charge in [-0.2, -0.15) is 0 Å². The monoisotopic (exact) mass is 403 g/mol. The van der Waals surface area contributed by atoms with E-state index in [2.05, 4.69) is 34.6 Å². The molecule has 153 valence electrons. The van der Waals surface area contributed by atoms with Crippen molar-refractivity contribution >= 4 is 0 Å². The third kappa shape index (κ3) is 18.9. The number of hydrogen-bond donors (Lipinski definition) is 0. The van der Waals surface area contributed by atoms with E-state index in [1.165, 1.54) is 11.1 Å². The summed E-state index contributed by atoms with van der Waals surface area (Å²) in [6.45, 7) is 17.5. The van der Waals surface area contributed by atoms with Gasteiger partial charge in [0.05, 0.1) is 0 Å². The first-order valence-electron chi connectivity index (χ1n) is 9.89.